The highest BCUT2D eigenvalue weighted by Gasteiger charge is 2.28. The first kappa shape index (κ1) is 10.9. The lowest BCUT2D eigenvalue weighted by atomic mass is 9.87. The van der Waals surface area contributed by atoms with Gasteiger partial charge in [0, 0.05) is 6.61 Å². The van der Waals surface area contributed by atoms with E-state index in [2.05, 4.69) is 0 Å². The summed E-state index contributed by atoms with van der Waals surface area (Å²) in [5, 5.41) is 8.85. The van der Waals surface area contributed by atoms with Crippen molar-refractivity contribution in [2.24, 2.45) is 5.92 Å². The van der Waals surface area contributed by atoms with Crippen molar-refractivity contribution in [2.75, 3.05) is 13.2 Å². The predicted octanol–water partition coefficient (Wildman–Crippen LogP) is 1.44. The van der Waals surface area contributed by atoms with Crippen LogP contribution in [-0.2, 0) is 14.3 Å². The molecule has 2 rings (SSSR count). The van der Waals surface area contributed by atoms with Crippen LogP contribution >= 0.6 is 0 Å². The molecular weight excluding hydrogens is 196 g/mol. The minimum absolute atomic E-state index is 0.148. The SMILES string of the molecule is O=C(O)C1CCC(OC2CCOC2)CC1. The Bertz CT molecular complexity index is 215. The first-order valence-corrected chi connectivity index (χ1v) is 5.71. The maximum Gasteiger partial charge on any atom is 0.306 e. The molecule has 86 valence electrons. The number of hydrogen-bond donors (Lipinski definition) is 1. The lowest BCUT2D eigenvalue weighted by Gasteiger charge is -2.28. The Morgan fingerprint density at radius 3 is 2.40 bits per heavy atom. The van der Waals surface area contributed by atoms with E-state index in [9.17, 15) is 4.79 Å². The van der Waals surface area contributed by atoms with E-state index in [-0.39, 0.29) is 18.1 Å². The van der Waals surface area contributed by atoms with Gasteiger partial charge in [-0.1, -0.05) is 0 Å². The van der Waals surface area contributed by atoms with Crippen molar-refractivity contribution in [1.82, 2.24) is 0 Å². The van der Waals surface area contributed by atoms with Crippen LogP contribution in [0.4, 0.5) is 0 Å². The summed E-state index contributed by atoms with van der Waals surface area (Å²) in [5.74, 6) is -0.803. The number of hydrogen-bond acceptors (Lipinski definition) is 3. The molecule has 0 bridgehead atoms. The summed E-state index contributed by atoms with van der Waals surface area (Å²) in [5.41, 5.74) is 0. The summed E-state index contributed by atoms with van der Waals surface area (Å²) in [6.07, 6.45) is 4.77. The van der Waals surface area contributed by atoms with E-state index >= 15 is 0 Å². The van der Waals surface area contributed by atoms with Crippen molar-refractivity contribution in [2.45, 2.75) is 44.3 Å². The number of carbonyl (C=O) groups is 1. The van der Waals surface area contributed by atoms with E-state index in [0.717, 1.165) is 38.7 Å². The van der Waals surface area contributed by atoms with Crippen molar-refractivity contribution in [1.29, 1.82) is 0 Å². The minimum Gasteiger partial charge on any atom is -0.481 e. The third-order valence-corrected chi connectivity index (χ3v) is 3.30. The van der Waals surface area contributed by atoms with Crippen molar-refractivity contribution >= 4 is 5.97 Å². The molecule has 0 radical (unpaired) electrons. The zero-order chi connectivity index (χ0) is 10.7. The standard InChI is InChI=1S/C11H18O4/c12-11(13)8-1-3-9(4-2-8)15-10-5-6-14-7-10/h8-10H,1-7H2,(H,12,13). The third-order valence-electron chi connectivity index (χ3n) is 3.30. The van der Waals surface area contributed by atoms with Crippen LogP contribution in [0.2, 0.25) is 0 Å². The Labute approximate surface area is 89.6 Å². The van der Waals surface area contributed by atoms with E-state index in [1.807, 2.05) is 0 Å². The molecule has 1 unspecified atom stereocenters. The maximum absolute atomic E-state index is 10.7. The van der Waals surface area contributed by atoms with Crippen LogP contribution in [0.5, 0.6) is 0 Å². The van der Waals surface area contributed by atoms with Crippen LogP contribution in [0.1, 0.15) is 32.1 Å². The summed E-state index contributed by atoms with van der Waals surface area (Å²) in [6, 6.07) is 0. The molecule has 1 saturated heterocycles. The largest absolute Gasteiger partial charge is 0.481 e. The number of carboxylic acids is 1. The lowest BCUT2D eigenvalue weighted by Crippen LogP contribution is -2.29. The number of ether oxygens (including phenoxy) is 2. The molecule has 1 saturated carbocycles. The van der Waals surface area contributed by atoms with Gasteiger partial charge in [-0.05, 0) is 32.1 Å². The fourth-order valence-corrected chi connectivity index (χ4v) is 2.34. The molecule has 1 heterocycles. The van der Waals surface area contributed by atoms with Gasteiger partial charge in [0.25, 0.3) is 0 Å². The molecule has 1 atom stereocenters. The van der Waals surface area contributed by atoms with E-state index in [0.29, 0.717) is 6.61 Å². The Kier molecular flexibility index (Phi) is 3.59. The summed E-state index contributed by atoms with van der Waals surface area (Å²) in [6.45, 7) is 1.51. The van der Waals surface area contributed by atoms with Gasteiger partial charge in [-0.2, -0.15) is 0 Å². The van der Waals surface area contributed by atoms with Crippen LogP contribution in [0.25, 0.3) is 0 Å². The average Bonchev–Trinajstić information content (AvgIpc) is 2.71. The lowest BCUT2D eigenvalue weighted by molar-refractivity contribution is -0.144. The van der Waals surface area contributed by atoms with E-state index in [4.69, 9.17) is 14.6 Å². The molecule has 2 aliphatic rings. The van der Waals surface area contributed by atoms with Crippen LogP contribution in [0, 0.1) is 5.92 Å². The molecule has 0 aromatic heterocycles. The van der Waals surface area contributed by atoms with Gasteiger partial charge in [-0.25, -0.2) is 0 Å². The Balaban J connectivity index is 1.71. The first-order chi connectivity index (χ1) is 7.25. The second-order valence-electron chi connectivity index (χ2n) is 4.43. The molecule has 0 aromatic carbocycles. The van der Waals surface area contributed by atoms with Gasteiger partial charge in [-0.15, -0.1) is 0 Å². The van der Waals surface area contributed by atoms with Gasteiger partial charge in [0.15, 0.2) is 0 Å². The van der Waals surface area contributed by atoms with Gasteiger partial charge in [0.05, 0.1) is 24.7 Å². The fraction of sp³-hybridized carbons (Fsp3) is 0.909. The highest BCUT2D eigenvalue weighted by atomic mass is 16.5. The summed E-state index contributed by atoms with van der Waals surface area (Å²) in [7, 11) is 0. The summed E-state index contributed by atoms with van der Waals surface area (Å²) < 4.78 is 11.1. The van der Waals surface area contributed by atoms with Gasteiger partial charge in [0.1, 0.15) is 0 Å². The molecule has 1 N–H and O–H groups in total. The van der Waals surface area contributed by atoms with Crippen LogP contribution < -0.4 is 0 Å². The molecule has 4 heteroatoms. The Morgan fingerprint density at radius 2 is 1.87 bits per heavy atom. The predicted molar refractivity (Wildman–Crippen MR) is 53.7 cm³/mol. The number of carboxylic acid groups (broad SMARTS) is 1. The maximum atomic E-state index is 10.7. The molecule has 0 spiro atoms. The molecule has 1 aliphatic heterocycles. The van der Waals surface area contributed by atoms with Crippen molar-refractivity contribution < 1.29 is 19.4 Å². The van der Waals surface area contributed by atoms with Gasteiger partial charge in [-0.3, -0.25) is 4.79 Å². The zero-order valence-electron chi connectivity index (χ0n) is 8.85. The van der Waals surface area contributed by atoms with Crippen molar-refractivity contribution in [3.8, 4) is 0 Å². The summed E-state index contributed by atoms with van der Waals surface area (Å²) >= 11 is 0. The first-order valence-electron chi connectivity index (χ1n) is 5.71. The highest BCUT2D eigenvalue weighted by molar-refractivity contribution is 5.70. The van der Waals surface area contributed by atoms with Gasteiger partial charge < -0.3 is 14.6 Å². The second kappa shape index (κ2) is 4.94. The van der Waals surface area contributed by atoms with Crippen molar-refractivity contribution in [3.63, 3.8) is 0 Å². The molecule has 2 fully saturated rings. The van der Waals surface area contributed by atoms with Crippen molar-refractivity contribution in [3.05, 3.63) is 0 Å². The van der Waals surface area contributed by atoms with Crippen LogP contribution in [-0.4, -0.2) is 36.5 Å². The van der Waals surface area contributed by atoms with Crippen LogP contribution in [0.15, 0.2) is 0 Å². The quantitative estimate of drug-likeness (QED) is 0.772. The Hall–Kier alpha value is -0.610. The van der Waals surface area contributed by atoms with Gasteiger partial charge >= 0.3 is 5.97 Å². The minimum atomic E-state index is -0.655. The topological polar surface area (TPSA) is 55.8 Å². The van der Waals surface area contributed by atoms with Crippen LogP contribution in [0.3, 0.4) is 0 Å². The van der Waals surface area contributed by atoms with E-state index < -0.39 is 5.97 Å². The Morgan fingerprint density at radius 1 is 1.13 bits per heavy atom. The van der Waals surface area contributed by atoms with E-state index in [1.54, 1.807) is 0 Å². The molecule has 4 nitrogen and oxygen atoms in total. The molecular formula is C11H18O4. The zero-order valence-corrected chi connectivity index (χ0v) is 8.85. The normalized spacial score (nSPS) is 36.7. The average molecular weight is 214 g/mol. The number of rotatable bonds is 3. The second-order valence-corrected chi connectivity index (χ2v) is 4.43. The van der Waals surface area contributed by atoms with E-state index in [1.165, 1.54) is 0 Å². The molecule has 0 aromatic rings. The third kappa shape index (κ3) is 2.92. The summed E-state index contributed by atoms with van der Waals surface area (Å²) in [4.78, 5) is 10.7. The number of aliphatic carboxylic acids is 1. The highest BCUT2D eigenvalue weighted by Crippen LogP contribution is 2.28. The monoisotopic (exact) mass is 214 g/mol. The molecule has 0 amide bonds. The molecule has 15 heavy (non-hydrogen) atoms. The fourth-order valence-electron chi connectivity index (χ4n) is 2.34. The van der Waals surface area contributed by atoms with Gasteiger partial charge in [0.2, 0.25) is 0 Å². The smallest absolute Gasteiger partial charge is 0.306 e. The molecule has 1 aliphatic carbocycles.